The Morgan fingerprint density at radius 1 is 0.528 bits per heavy atom. The Labute approximate surface area is 407 Å². The fourth-order valence-electron chi connectivity index (χ4n) is 6.56. The molecular weight excluding hydrogens is 989 g/mol. The zero-order valence-electron chi connectivity index (χ0n) is 37.5. The third kappa shape index (κ3) is 12.3. The van der Waals surface area contributed by atoms with Gasteiger partial charge in [0.1, 0.15) is 32.5 Å². The number of allylic oxidation sites excluding steroid dienone is 6. The van der Waals surface area contributed by atoms with Gasteiger partial charge in [-0.05, 0) is 97.8 Å². The van der Waals surface area contributed by atoms with Gasteiger partial charge in [0.05, 0.1) is 48.4 Å². The number of nitrogens with zero attached hydrogens (tertiary/aromatic N) is 2. The van der Waals surface area contributed by atoms with Gasteiger partial charge in [0.2, 0.25) is 11.6 Å². The van der Waals surface area contributed by atoms with Gasteiger partial charge in [-0.15, -0.1) is 0 Å². The molecule has 4 aromatic carbocycles. The largest absolute Gasteiger partial charge is 0.494 e. The standard InChI is InChI=1S/C45H38N8O17S2/c1-21-11-33(35(69-3)19-31(21)52-50-27-15-29(43(58)59)39(54)37(17-27)71(63,64)65)48-41(56)23-7-5-9-25(13-23)46-45(62)47-26-10-6-8-24(14-26)42(57)49-34-12-22(2)32(20-36(34)70-4)53-51-28-16-30(44(60)61)40(55)38(18-28)72(66,67)68/h5-20,52-53H,1-4H3,(H,48,56)(H,49,57)(H,58,59)(H,60,61)(H2,46,47,62)(H,63,64,65)(H,66,67,68)/b50-27+,51-28+. The fourth-order valence-corrected chi connectivity index (χ4v) is 7.79. The predicted octanol–water partition coefficient (Wildman–Crippen LogP) is 4.74. The van der Waals surface area contributed by atoms with Crippen molar-refractivity contribution in [1.82, 2.24) is 0 Å². The summed E-state index contributed by atoms with van der Waals surface area (Å²) in [6.07, 6.45) is 3.01. The first kappa shape index (κ1) is 52.1. The van der Waals surface area contributed by atoms with Crippen LogP contribution in [0.2, 0.25) is 0 Å². The number of rotatable bonds is 16. The van der Waals surface area contributed by atoms with Crippen molar-refractivity contribution in [3.8, 4) is 11.5 Å². The molecule has 25 nitrogen and oxygen atoms in total. The first-order valence-electron chi connectivity index (χ1n) is 20.2. The van der Waals surface area contributed by atoms with Crippen LogP contribution in [0.3, 0.4) is 0 Å². The van der Waals surface area contributed by atoms with Gasteiger partial charge in [-0.25, -0.2) is 14.4 Å². The summed E-state index contributed by atoms with van der Waals surface area (Å²) in [5, 5.41) is 37.3. The molecule has 72 heavy (non-hydrogen) atoms. The number of hydrazone groups is 2. The number of Topliss-reactive ketones (excluding diaryl/α,β-unsaturated/α-hetero) is 2. The zero-order valence-corrected chi connectivity index (χ0v) is 39.2. The smallest absolute Gasteiger partial charge is 0.339 e. The highest BCUT2D eigenvalue weighted by molar-refractivity contribution is 7.91. The molecule has 0 spiro atoms. The summed E-state index contributed by atoms with van der Waals surface area (Å²) in [4.78, 5) is 85.2. The van der Waals surface area contributed by atoms with Crippen LogP contribution >= 0.6 is 0 Å². The summed E-state index contributed by atoms with van der Waals surface area (Å²) >= 11 is 0. The van der Waals surface area contributed by atoms with Crippen molar-refractivity contribution < 1.29 is 79.2 Å². The van der Waals surface area contributed by atoms with Crippen LogP contribution in [-0.4, -0.2) is 103 Å². The van der Waals surface area contributed by atoms with Gasteiger partial charge in [0.25, 0.3) is 32.1 Å². The Hall–Kier alpha value is -9.31. The van der Waals surface area contributed by atoms with Crippen molar-refractivity contribution >= 4 is 107 Å². The minimum Gasteiger partial charge on any atom is -0.494 e. The summed E-state index contributed by atoms with van der Waals surface area (Å²) in [6.45, 7) is 3.22. The van der Waals surface area contributed by atoms with Gasteiger partial charge in [-0.3, -0.25) is 39.1 Å². The molecule has 0 atom stereocenters. The number of carbonyl (C=O) groups is 7. The Balaban J connectivity index is 1.09. The van der Waals surface area contributed by atoms with Crippen LogP contribution < -0.4 is 41.6 Å². The number of benzene rings is 4. The minimum atomic E-state index is -5.09. The number of amides is 4. The number of ether oxygens (including phenoxy) is 2. The van der Waals surface area contributed by atoms with Gasteiger partial charge < -0.3 is 41.0 Å². The van der Waals surface area contributed by atoms with Gasteiger partial charge in [-0.1, -0.05) is 12.1 Å². The second kappa shape index (κ2) is 21.1. The third-order valence-corrected chi connectivity index (χ3v) is 11.8. The van der Waals surface area contributed by atoms with Crippen molar-refractivity contribution in [2.24, 2.45) is 10.2 Å². The molecule has 27 heteroatoms. The second-order valence-electron chi connectivity index (χ2n) is 15.0. The highest BCUT2D eigenvalue weighted by Crippen LogP contribution is 2.34. The lowest BCUT2D eigenvalue weighted by Gasteiger charge is -2.16. The summed E-state index contributed by atoms with van der Waals surface area (Å²) < 4.78 is 76.6. The molecule has 0 unspecified atom stereocenters. The van der Waals surface area contributed by atoms with Crippen LogP contribution in [0.1, 0.15) is 31.8 Å². The number of carboxylic acids is 2. The third-order valence-electron chi connectivity index (χ3n) is 10.1. The van der Waals surface area contributed by atoms with Crippen molar-refractivity contribution in [3.05, 3.63) is 140 Å². The second-order valence-corrected chi connectivity index (χ2v) is 17.8. The zero-order chi connectivity index (χ0) is 52.8. The quantitative estimate of drug-likeness (QED) is 0.0313. The van der Waals surface area contributed by atoms with E-state index in [2.05, 4.69) is 42.3 Å². The first-order valence-corrected chi connectivity index (χ1v) is 23.1. The molecule has 0 radical (unpaired) electrons. The highest BCUT2D eigenvalue weighted by atomic mass is 32.2. The number of aryl methyl sites for hydroxylation is 2. The molecule has 2 aliphatic rings. The first-order chi connectivity index (χ1) is 33.9. The number of aliphatic carboxylic acids is 2. The van der Waals surface area contributed by atoms with Gasteiger partial charge in [0.15, 0.2) is 0 Å². The number of hydrogen-bond donors (Lipinski definition) is 10. The van der Waals surface area contributed by atoms with Gasteiger partial charge >= 0.3 is 18.0 Å². The number of ketones is 2. The normalized spacial score (nSPS) is 14.8. The summed E-state index contributed by atoms with van der Waals surface area (Å²) in [5.41, 5.74) is 5.14. The number of anilines is 6. The molecular formula is C45H38N8O17S2. The van der Waals surface area contributed by atoms with Crippen molar-refractivity contribution in [2.45, 2.75) is 13.8 Å². The number of hydrogen-bond acceptors (Lipinski definition) is 17. The van der Waals surface area contributed by atoms with E-state index in [1.807, 2.05) is 0 Å². The molecule has 0 saturated carbocycles. The molecule has 0 aromatic heterocycles. The molecule has 0 bridgehead atoms. The van der Waals surface area contributed by atoms with Crippen LogP contribution in [0, 0.1) is 13.8 Å². The monoisotopic (exact) mass is 1030 g/mol. The van der Waals surface area contributed by atoms with E-state index in [9.17, 15) is 69.7 Å². The van der Waals surface area contributed by atoms with E-state index in [-0.39, 0.29) is 68.2 Å². The van der Waals surface area contributed by atoms with E-state index in [0.29, 0.717) is 23.3 Å². The number of urea groups is 1. The lowest BCUT2D eigenvalue weighted by Crippen LogP contribution is -2.24. The fraction of sp³-hybridized carbons (Fsp3) is 0.0889. The number of methoxy groups -OCH3 is 2. The van der Waals surface area contributed by atoms with E-state index < -0.39 is 82.5 Å². The molecule has 372 valence electrons. The van der Waals surface area contributed by atoms with E-state index in [4.69, 9.17) is 9.47 Å². The average molecular weight is 1030 g/mol. The predicted molar refractivity (Wildman–Crippen MR) is 260 cm³/mol. The Kier molecular flexibility index (Phi) is 15.3. The molecule has 0 fully saturated rings. The molecule has 2 aliphatic carbocycles. The maximum Gasteiger partial charge on any atom is 0.339 e. The van der Waals surface area contributed by atoms with Gasteiger partial charge in [0, 0.05) is 34.6 Å². The molecule has 10 N–H and O–H groups in total. The number of nitrogens with one attached hydrogen (secondary N) is 6. The van der Waals surface area contributed by atoms with Crippen molar-refractivity contribution in [2.75, 3.05) is 46.3 Å². The van der Waals surface area contributed by atoms with E-state index in [1.54, 1.807) is 13.8 Å². The van der Waals surface area contributed by atoms with Gasteiger partial charge in [-0.2, -0.15) is 27.0 Å². The van der Waals surface area contributed by atoms with Crippen LogP contribution in [0.5, 0.6) is 11.5 Å². The van der Waals surface area contributed by atoms with Crippen LogP contribution in [0.25, 0.3) is 0 Å². The van der Waals surface area contributed by atoms with Crippen molar-refractivity contribution in [1.29, 1.82) is 0 Å². The molecule has 0 saturated heterocycles. The van der Waals surface area contributed by atoms with E-state index >= 15 is 0 Å². The van der Waals surface area contributed by atoms with Crippen LogP contribution in [0.15, 0.2) is 128 Å². The van der Waals surface area contributed by atoms with Crippen molar-refractivity contribution in [3.63, 3.8) is 0 Å². The Morgan fingerprint density at radius 2 is 0.903 bits per heavy atom. The van der Waals surface area contributed by atoms with E-state index in [0.717, 1.165) is 12.2 Å². The topological polar surface area (TPSA) is 384 Å². The summed E-state index contributed by atoms with van der Waals surface area (Å²) in [7, 11) is -7.56. The summed E-state index contributed by atoms with van der Waals surface area (Å²) in [6, 6.07) is 16.9. The van der Waals surface area contributed by atoms with Crippen LogP contribution in [-0.2, 0) is 39.4 Å². The average Bonchev–Trinajstić information content (AvgIpc) is 3.30. The lowest BCUT2D eigenvalue weighted by molar-refractivity contribution is -0.135. The molecule has 4 aromatic rings. The number of carbonyl (C=O) groups excluding carboxylic acids is 5. The maximum atomic E-state index is 13.4. The molecule has 4 amide bonds. The number of carboxylic acid groups (broad SMARTS) is 2. The van der Waals surface area contributed by atoms with Crippen LogP contribution in [0.4, 0.5) is 38.9 Å². The highest BCUT2D eigenvalue weighted by Gasteiger charge is 2.34. The maximum absolute atomic E-state index is 13.4. The minimum absolute atomic E-state index is 0.108. The SMILES string of the molecule is COc1cc(N/N=C2\C=C(C(=O)O)C(=O)C(S(=O)(=O)O)=C2)c(C)cc1NC(=O)c1cccc(NC(=O)Nc2cccc(C(=O)Nc3cc(C)c(N/N=C4\C=C(C(=O)O)C(=O)C(S(=O)(=O)O)=C4)cc3OC)c2)c1. The lowest BCUT2D eigenvalue weighted by atomic mass is 10.0. The molecule has 6 rings (SSSR count). The Bertz CT molecular complexity index is 3240. The molecule has 0 heterocycles. The summed E-state index contributed by atoms with van der Waals surface area (Å²) in [5.74, 6) is -7.34. The Morgan fingerprint density at radius 3 is 1.24 bits per heavy atom. The molecule has 0 aliphatic heterocycles. The van der Waals surface area contributed by atoms with E-state index in [1.165, 1.54) is 87.0 Å².